The molecule has 0 atom stereocenters. The van der Waals surface area contributed by atoms with Crippen molar-refractivity contribution in [2.45, 2.75) is 20.0 Å². The highest BCUT2D eigenvalue weighted by Gasteiger charge is 2.22. The average molecular weight is 378 g/mol. The summed E-state index contributed by atoms with van der Waals surface area (Å²) in [6.45, 7) is -1.32. The predicted octanol–water partition coefficient (Wildman–Crippen LogP) is 4.12. The molecule has 27 heavy (non-hydrogen) atoms. The molecule has 8 nitrogen and oxygen atoms in total. The van der Waals surface area contributed by atoms with Crippen LogP contribution in [-0.2, 0) is 6.42 Å². The van der Waals surface area contributed by atoms with Gasteiger partial charge >= 0.3 is 12.6 Å². The molecule has 0 amide bonds. The molecule has 0 radical (unpaired) electrons. The van der Waals surface area contributed by atoms with E-state index >= 15 is 0 Å². The summed E-state index contributed by atoms with van der Waals surface area (Å²) in [7, 11) is 0. The third-order valence-corrected chi connectivity index (χ3v) is 3.55. The van der Waals surface area contributed by atoms with Crippen LogP contribution in [0.3, 0.4) is 0 Å². The number of nitro groups is 1. The smallest absolute Gasteiger partial charge is 0.387 e. The number of halogens is 2. The highest BCUT2D eigenvalue weighted by Crippen LogP contribution is 2.31. The fourth-order valence-electron chi connectivity index (χ4n) is 2.33. The van der Waals surface area contributed by atoms with E-state index in [0.717, 1.165) is 0 Å². The number of hydrogen-bond acceptors (Lipinski definition) is 7. The normalized spacial score (nSPS) is 11.0. The minimum atomic E-state index is -3.06. The van der Waals surface area contributed by atoms with Crippen LogP contribution in [-0.4, -0.2) is 22.5 Å². The van der Waals surface area contributed by atoms with Gasteiger partial charge in [0.25, 0.3) is 5.69 Å². The largest absolute Gasteiger partial charge is 0.440 e. The summed E-state index contributed by atoms with van der Waals surface area (Å²) >= 11 is 0. The second kappa shape index (κ2) is 7.36. The number of nitrogens with zero attached hydrogens (tertiary/aromatic N) is 2. The molecule has 0 saturated carbocycles. The van der Waals surface area contributed by atoms with Gasteiger partial charge in [-0.15, -0.1) is 0 Å². The maximum atomic E-state index is 12.6. The van der Waals surface area contributed by atoms with Gasteiger partial charge in [-0.25, -0.2) is 9.78 Å². The van der Waals surface area contributed by atoms with E-state index in [-0.39, 0.29) is 39.7 Å². The maximum Gasteiger partial charge on any atom is 0.387 e. The second-order valence-corrected chi connectivity index (χ2v) is 5.27. The van der Waals surface area contributed by atoms with E-state index in [9.17, 15) is 23.7 Å². The van der Waals surface area contributed by atoms with Crippen molar-refractivity contribution >= 4 is 22.8 Å². The summed E-state index contributed by atoms with van der Waals surface area (Å²) in [4.78, 5) is 26.6. The zero-order chi connectivity index (χ0) is 19.6. The molecule has 3 aromatic rings. The van der Waals surface area contributed by atoms with Crippen LogP contribution < -0.4 is 9.47 Å². The van der Waals surface area contributed by atoms with Gasteiger partial charge in [-0.1, -0.05) is 6.92 Å². The van der Waals surface area contributed by atoms with Crippen molar-refractivity contribution in [2.75, 3.05) is 0 Å². The van der Waals surface area contributed by atoms with Crippen LogP contribution in [0.5, 0.6) is 11.5 Å². The lowest BCUT2D eigenvalue weighted by atomic mass is 10.2. The Morgan fingerprint density at radius 1 is 1.26 bits per heavy atom. The van der Waals surface area contributed by atoms with E-state index in [1.807, 2.05) is 0 Å². The molecule has 0 N–H and O–H groups in total. The number of aromatic nitrogens is 1. The second-order valence-electron chi connectivity index (χ2n) is 5.27. The molecule has 2 aromatic carbocycles. The summed E-state index contributed by atoms with van der Waals surface area (Å²) in [5.74, 6) is -0.756. The monoisotopic (exact) mass is 378 g/mol. The van der Waals surface area contributed by atoms with Gasteiger partial charge in [-0.3, -0.25) is 10.1 Å². The molecule has 0 aliphatic heterocycles. The average Bonchev–Trinajstić information content (AvgIpc) is 3.06. The van der Waals surface area contributed by atoms with E-state index in [1.165, 1.54) is 36.4 Å². The van der Waals surface area contributed by atoms with Crippen LogP contribution in [0.1, 0.15) is 23.2 Å². The van der Waals surface area contributed by atoms with E-state index < -0.39 is 17.5 Å². The molecular weight excluding hydrogens is 366 g/mol. The van der Waals surface area contributed by atoms with E-state index in [1.54, 1.807) is 6.92 Å². The molecule has 0 spiro atoms. The molecule has 0 aliphatic carbocycles. The number of ether oxygens (including phenoxy) is 2. The molecular formula is C17H12F2N2O6. The Bertz CT molecular complexity index is 1000. The molecule has 10 heteroatoms. The summed E-state index contributed by atoms with van der Waals surface area (Å²) in [5.41, 5.74) is -0.270. The molecule has 0 fully saturated rings. The Kier molecular flexibility index (Phi) is 4.97. The number of aryl methyl sites for hydroxylation is 1. The number of hydrogen-bond donors (Lipinski definition) is 0. The highest BCUT2D eigenvalue weighted by atomic mass is 19.3. The van der Waals surface area contributed by atoms with Gasteiger partial charge in [-0.2, -0.15) is 8.78 Å². The van der Waals surface area contributed by atoms with Crippen molar-refractivity contribution in [3.8, 4) is 11.5 Å². The lowest BCUT2D eigenvalue weighted by Gasteiger charge is -2.07. The van der Waals surface area contributed by atoms with Gasteiger partial charge in [0, 0.05) is 18.6 Å². The molecule has 0 aliphatic rings. The lowest BCUT2D eigenvalue weighted by Crippen LogP contribution is -2.10. The highest BCUT2D eigenvalue weighted by molar-refractivity contribution is 6.03. The molecule has 140 valence electrons. The van der Waals surface area contributed by atoms with Crippen molar-refractivity contribution in [3.63, 3.8) is 0 Å². The Hall–Kier alpha value is -3.56. The number of benzene rings is 2. The van der Waals surface area contributed by atoms with Crippen LogP contribution in [0.15, 0.2) is 40.8 Å². The Morgan fingerprint density at radius 2 is 1.96 bits per heavy atom. The number of nitro benzene ring substituents is 1. The van der Waals surface area contributed by atoms with Crippen molar-refractivity contribution in [1.82, 2.24) is 4.98 Å². The summed E-state index contributed by atoms with van der Waals surface area (Å²) < 4.78 is 40.1. The Labute approximate surface area is 150 Å². The summed E-state index contributed by atoms with van der Waals surface area (Å²) in [6.07, 6.45) is 0.375. The van der Waals surface area contributed by atoms with Crippen molar-refractivity contribution < 1.29 is 32.4 Å². The molecule has 0 saturated heterocycles. The summed E-state index contributed by atoms with van der Waals surface area (Å²) in [6, 6.07) is 7.28. The molecule has 0 unspecified atom stereocenters. The molecule has 0 bridgehead atoms. The van der Waals surface area contributed by atoms with Crippen molar-refractivity contribution in [2.24, 2.45) is 0 Å². The van der Waals surface area contributed by atoms with Crippen LogP contribution in [0, 0.1) is 10.1 Å². The minimum absolute atomic E-state index is 0.0229. The number of rotatable bonds is 6. The van der Waals surface area contributed by atoms with Gasteiger partial charge in [0.1, 0.15) is 11.3 Å². The third kappa shape index (κ3) is 3.84. The first kappa shape index (κ1) is 18.2. The number of non-ortho nitro benzene ring substituents is 1. The number of alkyl halides is 2. The minimum Gasteiger partial charge on any atom is -0.440 e. The van der Waals surface area contributed by atoms with Crippen molar-refractivity contribution in [3.05, 3.63) is 58.0 Å². The topological polar surface area (TPSA) is 105 Å². The quantitative estimate of drug-likeness (QED) is 0.275. The molecule has 1 heterocycles. The van der Waals surface area contributed by atoms with Crippen LogP contribution in [0.4, 0.5) is 14.5 Å². The number of esters is 1. The van der Waals surface area contributed by atoms with Gasteiger partial charge in [0.2, 0.25) is 0 Å². The van der Waals surface area contributed by atoms with Crippen molar-refractivity contribution in [1.29, 1.82) is 0 Å². The predicted molar refractivity (Wildman–Crippen MR) is 88.1 cm³/mol. The van der Waals surface area contributed by atoms with Gasteiger partial charge in [0.15, 0.2) is 22.7 Å². The molecule has 1 aromatic heterocycles. The zero-order valence-electron chi connectivity index (χ0n) is 13.8. The number of carbonyl (C=O) groups is 1. The number of oxazole rings is 1. The Morgan fingerprint density at radius 3 is 2.56 bits per heavy atom. The zero-order valence-corrected chi connectivity index (χ0v) is 13.8. The molecule has 3 rings (SSSR count). The number of carbonyl (C=O) groups excluding carboxylic acids is 1. The first-order valence-corrected chi connectivity index (χ1v) is 7.73. The van der Waals surface area contributed by atoms with Crippen LogP contribution in [0.25, 0.3) is 11.1 Å². The van der Waals surface area contributed by atoms with E-state index in [2.05, 4.69) is 9.72 Å². The lowest BCUT2D eigenvalue weighted by molar-refractivity contribution is -0.384. The fourth-order valence-corrected chi connectivity index (χ4v) is 2.33. The number of fused-ring (bicyclic) bond motifs is 1. The summed E-state index contributed by atoms with van der Waals surface area (Å²) in [5, 5.41) is 10.7. The van der Waals surface area contributed by atoms with Gasteiger partial charge in [0.05, 0.1) is 4.92 Å². The fraction of sp³-hybridized carbons (Fsp3) is 0.176. The third-order valence-electron chi connectivity index (χ3n) is 3.55. The van der Waals surface area contributed by atoms with E-state index in [0.29, 0.717) is 6.42 Å². The van der Waals surface area contributed by atoms with E-state index in [4.69, 9.17) is 9.15 Å². The van der Waals surface area contributed by atoms with Gasteiger partial charge in [-0.05, 0) is 24.3 Å². The van der Waals surface area contributed by atoms with Gasteiger partial charge < -0.3 is 13.9 Å². The standard InChI is InChI=1S/C17H12F2N2O6/c1-2-13-20-14-12(26-17(18)19)8-7-11(15(14)27-13)16(22)25-10-5-3-9(4-6-10)21(23)24/h3-8,17H,2H2,1H3. The van der Waals surface area contributed by atoms with Crippen LogP contribution in [0.2, 0.25) is 0 Å². The SMILES string of the molecule is CCc1nc2c(OC(F)F)ccc(C(=O)Oc3ccc([N+](=O)[O-])cc3)c2o1. The maximum absolute atomic E-state index is 12.6. The Balaban J connectivity index is 1.94. The van der Waals surface area contributed by atoms with Crippen LogP contribution >= 0.6 is 0 Å². The first-order chi connectivity index (χ1) is 12.9. The first-order valence-electron chi connectivity index (χ1n) is 7.73.